The van der Waals surface area contributed by atoms with E-state index in [-0.39, 0.29) is 17.7 Å². The molecule has 3 atom stereocenters. The van der Waals surface area contributed by atoms with Gasteiger partial charge >= 0.3 is 0 Å². The Hall–Kier alpha value is -0.710. The van der Waals surface area contributed by atoms with Gasteiger partial charge in [0.05, 0.1) is 5.25 Å². The van der Waals surface area contributed by atoms with Crippen LogP contribution in [0.1, 0.15) is 31.7 Å². The minimum absolute atomic E-state index is 0. The Labute approximate surface area is 143 Å². The first-order valence-corrected chi connectivity index (χ1v) is 8.99. The predicted molar refractivity (Wildman–Crippen MR) is 95.6 cm³/mol. The molecule has 3 rings (SSSR count). The molecule has 22 heavy (non-hydrogen) atoms. The second kappa shape index (κ2) is 8.23. The number of benzene rings is 1. The van der Waals surface area contributed by atoms with Gasteiger partial charge in [0.2, 0.25) is 5.91 Å². The van der Waals surface area contributed by atoms with E-state index >= 15 is 0 Å². The summed E-state index contributed by atoms with van der Waals surface area (Å²) >= 11 is 1.76. The molecule has 3 unspecified atom stereocenters. The molecule has 0 aromatic heterocycles. The summed E-state index contributed by atoms with van der Waals surface area (Å²) in [4.78, 5) is 15.0. The predicted octanol–water partition coefficient (Wildman–Crippen LogP) is 3.08. The van der Waals surface area contributed by atoms with Crippen molar-refractivity contribution >= 4 is 30.1 Å². The van der Waals surface area contributed by atoms with Crippen molar-refractivity contribution in [3.63, 3.8) is 0 Å². The first kappa shape index (κ1) is 17.6. The van der Waals surface area contributed by atoms with Crippen molar-refractivity contribution in [1.29, 1.82) is 0 Å². The van der Waals surface area contributed by atoms with Gasteiger partial charge in [0.15, 0.2) is 0 Å². The lowest BCUT2D eigenvalue weighted by atomic mass is 10.1. The number of thioether (sulfide) groups is 1. The van der Waals surface area contributed by atoms with E-state index in [2.05, 4.69) is 41.4 Å². The minimum Gasteiger partial charge on any atom is -0.334 e. The van der Waals surface area contributed by atoms with E-state index in [9.17, 15) is 4.79 Å². The number of rotatable bonds is 4. The van der Waals surface area contributed by atoms with Crippen LogP contribution in [0, 0.1) is 0 Å². The highest BCUT2D eigenvalue weighted by Gasteiger charge is 2.39. The van der Waals surface area contributed by atoms with E-state index in [1.807, 2.05) is 6.07 Å². The Morgan fingerprint density at radius 2 is 2.00 bits per heavy atom. The highest BCUT2D eigenvalue weighted by Crippen LogP contribution is 2.31. The van der Waals surface area contributed by atoms with Crippen LogP contribution in [0.25, 0.3) is 0 Å². The van der Waals surface area contributed by atoms with Gasteiger partial charge in [0.25, 0.3) is 0 Å². The molecule has 1 aromatic carbocycles. The number of halogens is 1. The van der Waals surface area contributed by atoms with E-state index < -0.39 is 0 Å². The Balaban J connectivity index is 0.00000176. The maximum absolute atomic E-state index is 12.8. The number of nitrogens with zero attached hydrogens (tertiary/aromatic N) is 1. The third-order valence-electron chi connectivity index (χ3n) is 4.60. The topological polar surface area (TPSA) is 32.3 Å². The first-order chi connectivity index (χ1) is 10.3. The van der Waals surface area contributed by atoms with Gasteiger partial charge in [-0.3, -0.25) is 4.79 Å². The number of nitrogens with one attached hydrogen (secondary N) is 1. The quantitative estimate of drug-likeness (QED) is 0.914. The summed E-state index contributed by atoms with van der Waals surface area (Å²) < 4.78 is 0. The summed E-state index contributed by atoms with van der Waals surface area (Å²) in [6, 6.07) is 11.3. The number of carbonyl (C=O) groups excluding carboxylic acids is 1. The molecule has 5 heteroatoms. The van der Waals surface area contributed by atoms with E-state index in [4.69, 9.17) is 0 Å². The van der Waals surface area contributed by atoms with Gasteiger partial charge < -0.3 is 10.2 Å². The molecule has 1 N–H and O–H groups in total. The average Bonchev–Trinajstić information content (AvgIpc) is 2.78. The van der Waals surface area contributed by atoms with Crippen molar-refractivity contribution in [3.05, 3.63) is 35.9 Å². The van der Waals surface area contributed by atoms with E-state index in [0.29, 0.717) is 18.0 Å². The lowest BCUT2D eigenvalue weighted by Crippen LogP contribution is -2.45. The first-order valence-electron chi connectivity index (χ1n) is 7.94. The number of hydrogen-bond acceptors (Lipinski definition) is 3. The summed E-state index contributed by atoms with van der Waals surface area (Å²) in [5.74, 6) is 1.25. The SMILES string of the molecule is CC(SCc1ccccc1)C(=O)N1C2CCNCC1CC2.Cl. The van der Waals surface area contributed by atoms with E-state index in [0.717, 1.165) is 25.3 Å². The van der Waals surface area contributed by atoms with Crippen LogP contribution in [0.5, 0.6) is 0 Å². The molecule has 1 amide bonds. The highest BCUT2D eigenvalue weighted by atomic mass is 35.5. The lowest BCUT2D eigenvalue weighted by molar-refractivity contribution is -0.132. The molecular formula is C17H25ClN2OS. The Kier molecular flexibility index (Phi) is 6.60. The van der Waals surface area contributed by atoms with Gasteiger partial charge in [-0.25, -0.2) is 0 Å². The Morgan fingerprint density at radius 3 is 2.77 bits per heavy atom. The van der Waals surface area contributed by atoms with Gasteiger partial charge in [-0.15, -0.1) is 24.2 Å². The summed E-state index contributed by atoms with van der Waals surface area (Å²) in [7, 11) is 0. The standard InChI is InChI=1S/C17H24N2OS.ClH/c1-13(21-12-14-5-3-2-4-6-14)17(20)19-15-7-8-16(19)11-18-10-9-15;/h2-6,13,15-16,18H,7-12H2,1H3;1H. The molecule has 2 aliphatic rings. The molecule has 2 bridgehead atoms. The molecular weight excluding hydrogens is 316 g/mol. The molecule has 0 spiro atoms. The Bertz CT molecular complexity index is 471. The van der Waals surface area contributed by atoms with Crippen molar-refractivity contribution in [3.8, 4) is 0 Å². The molecule has 2 aliphatic heterocycles. The van der Waals surface area contributed by atoms with Crippen LogP contribution in [-0.2, 0) is 10.5 Å². The zero-order valence-electron chi connectivity index (χ0n) is 13.0. The second-order valence-corrected chi connectivity index (χ2v) is 7.39. The van der Waals surface area contributed by atoms with Crippen LogP contribution in [-0.4, -0.2) is 41.2 Å². The molecule has 1 aromatic rings. The number of amides is 1. The molecule has 2 heterocycles. The van der Waals surface area contributed by atoms with E-state index in [1.54, 1.807) is 11.8 Å². The van der Waals surface area contributed by atoms with E-state index in [1.165, 1.54) is 18.4 Å². The third kappa shape index (κ3) is 3.98. The highest BCUT2D eigenvalue weighted by molar-refractivity contribution is 7.99. The van der Waals surface area contributed by atoms with Crippen molar-refractivity contribution in [2.75, 3.05) is 13.1 Å². The lowest BCUT2D eigenvalue weighted by Gasteiger charge is -2.30. The number of fused-ring (bicyclic) bond motifs is 2. The van der Waals surface area contributed by atoms with Crippen LogP contribution in [0.3, 0.4) is 0 Å². The summed E-state index contributed by atoms with van der Waals surface area (Å²) in [5.41, 5.74) is 1.29. The number of hydrogen-bond donors (Lipinski definition) is 1. The summed E-state index contributed by atoms with van der Waals surface area (Å²) in [5, 5.41) is 3.51. The fraction of sp³-hybridized carbons (Fsp3) is 0.588. The number of carbonyl (C=O) groups is 1. The minimum atomic E-state index is 0. The molecule has 2 fully saturated rings. The fourth-order valence-corrected chi connectivity index (χ4v) is 4.32. The molecule has 2 saturated heterocycles. The van der Waals surface area contributed by atoms with Crippen molar-refractivity contribution < 1.29 is 4.79 Å². The van der Waals surface area contributed by atoms with Gasteiger partial charge in [-0.1, -0.05) is 30.3 Å². The monoisotopic (exact) mass is 340 g/mol. The molecule has 0 aliphatic carbocycles. The second-order valence-electron chi connectivity index (χ2n) is 6.06. The van der Waals surface area contributed by atoms with Crippen LogP contribution in [0.2, 0.25) is 0 Å². The molecule has 0 saturated carbocycles. The van der Waals surface area contributed by atoms with Crippen LogP contribution in [0.4, 0.5) is 0 Å². The zero-order valence-corrected chi connectivity index (χ0v) is 14.7. The normalized spacial score (nSPS) is 25.2. The van der Waals surface area contributed by atoms with Crippen LogP contribution < -0.4 is 5.32 Å². The van der Waals surface area contributed by atoms with Gasteiger partial charge in [0, 0.05) is 24.4 Å². The van der Waals surface area contributed by atoms with Crippen LogP contribution >= 0.6 is 24.2 Å². The van der Waals surface area contributed by atoms with Crippen LogP contribution in [0.15, 0.2) is 30.3 Å². The maximum atomic E-state index is 12.8. The summed E-state index contributed by atoms with van der Waals surface area (Å²) in [6.45, 7) is 4.09. The van der Waals surface area contributed by atoms with Gasteiger partial charge in [-0.2, -0.15) is 0 Å². The van der Waals surface area contributed by atoms with Crippen molar-refractivity contribution in [2.45, 2.75) is 49.3 Å². The van der Waals surface area contributed by atoms with Gasteiger partial charge in [-0.05, 0) is 38.3 Å². The molecule has 3 nitrogen and oxygen atoms in total. The largest absolute Gasteiger partial charge is 0.334 e. The maximum Gasteiger partial charge on any atom is 0.235 e. The fourth-order valence-electron chi connectivity index (χ4n) is 3.42. The Morgan fingerprint density at radius 1 is 1.27 bits per heavy atom. The molecule has 122 valence electrons. The summed E-state index contributed by atoms with van der Waals surface area (Å²) in [6.07, 6.45) is 3.46. The average molecular weight is 341 g/mol. The smallest absolute Gasteiger partial charge is 0.235 e. The van der Waals surface area contributed by atoms with Crippen molar-refractivity contribution in [1.82, 2.24) is 10.2 Å². The van der Waals surface area contributed by atoms with Gasteiger partial charge in [0.1, 0.15) is 0 Å². The molecule has 0 radical (unpaired) electrons. The third-order valence-corrected chi connectivity index (χ3v) is 5.80. The zero-order chi connectivity index (χ0) is 14.7. The van der Waals surface area contributed by atoms with Crippen molar-refractivity contribution in [2.24, 2.45) is 0 Å².